The molecule has 0 saturated heterocycles. The first-order valence-electron chi connectivity index (χ1n) is 18.2. The van der Waals surface area contributed by atoms with Gasteiger partial charge in [-0.15, -0.1) is 0 Å². The third-order valence-corrected chi connectivity index (χ3v) is 8.96. The van der Waals surface area contributed by atoms with E-state index >= 15 is 0 Å². The van der Waals surface area contributed by atoms with E-state index in [0.717, 1.165) is 37.7 Å². The van der Waals surface area contributed by atoms with Crippen molar-refractivity contribution in [3.05, 3.63) is 65.7 Å². The number of nitrogens with zero attached hydrogens (tertiary/aromatic N) is 1. The predicted octanol–water partition coefficient (Wildman–Crippen LogP) is 4.17. The summed E-state index contributed by atoms with van der Waals surface area (Å²) < 4.78 is 22.8. The number of benzene rings is 2. The van der Waals surface area contributed by atoms with Crippen molar-refractivity contribution >= 4 is 40.6 Å². The van der Waals surface area contributed by atoms with Crippen molar-refractivity contribution < 1.29 is 42.8 Å². The van der Waals surface area contributed by atoms with Gasteiger partial charge in [0, 0.05) is 49.2 Å². The lowest BCUT2D eigenvalue weighted by Gasteiger charge is -2.28. The first kappa shape index (κ1) is 44.7. The van der Waals surface area contributed by atoms with E-state index in [1.54, 1.807) is 40.0 Å². The van der Waals surface area contributed by atoms with Crippen LogP contribution in [0.3, 0.4) is 0 Å². The summed E-state index contributed by atoms with van der Waals surface area (Å²) in [4.78, 5) is 68.0. The second-order valence-electron chi connectivity index (χ2n) is 14.1. The molecule has 4 N–H and O–H groups in total. The molecule has 2 rings (SSSR count). The van der Waals surface area contributed by atoms with Crippen LogP contribution in [-0.2, 0) is 52.3 Å². The molecule has 0 radical (unpaired) electrons. The number of esters is 1. The van der Waals surface area contributed by atoms with Gasteiger partial charge in [0.1, 0.15) is 29.5 Å². The molecule has 0 saturated carbocycles. The molecule has 4 amide bonds. The van der Waals surface area contributed by atoms with E-state index in [4.69, 9.17) is 9.47 Å². The quantitative estimate of drug-likeness (QED) is 0.101. The van der Waals surface area contributed by atoms with Gasteiger partial charge in [0.2, 0.25) is 17.7 Å². The van der Waals surface area contributed by atoms with Gasteiger partial charge in [-0.25, -0.2) is 4.79 Å². The monoisotopic (exact) mass is 758 g/mol. The zero-order valence-corrected chi connectivity index (χ0v) is 32.8. The molecule has 294 valence electrons. The van der Waals surface area contributed by atoms with Gasteiger partial charge >= 0.3 is 12.1 Å². The Morgan fingerprint density at radius 2 is 1.40 bits per heavy atom. The zero-order valence-electron chi connectivity index (χ0n) is 32.0. The van der Waals surface area contributed by atoms with Gasteiger partial charge in [-0.2, -0.15) is 0 Å². The summed E-state index contributed by atoms with van der Waals surface area (Å²) in [5, 5.41) is 17.8. The maximum Gasteiger partial charge on any atom is 0.408 e. The minimum Gasteiger partial charge on any atom is -0.508 e. The van der Waals surface area contributed by atoms with E-state index in [0.29, 0.717) is 12.2 Å². The molecule has 0 aromatic heterocycles. The van der Waals surface area contributed by atoms with Crippen molar-refractivity contribution in [1.29, 1.82) is 0 Å². The van der Waals surface area contributed by atoms with Crippen molar-refractivity contribution in [2.45, 2.75) is 109 Å². The van der Waals surface area contributed by atoms with Crippen molar-refractivity contribution in [2.24, 2.45) is 0 Å². The number of phenols is 1. The van der Waals surface area contributed by atoms with E-state index in [-0.39, 0.29) is 43.7 Å². The third-order valence-electron chi connectivity index (χ3n) is 8.15. The highest BCUT2D eigenvalue weighted by molar-refractivity contribution is 7.84. The number of carbonyl (C=O) groups is 5. The molecule has 0 aliphatic heterocycles. The number of likely N-dealkylation sites (N-methyl/N-ethyl adjacent to an activating group) is 1. The maximum absolute atomic E-state index is 13.9. The Labute approximate surface area is 316 Å². The van der Waals surface area contributed by atoms with Crippen LogP contribution in [0.5, 0.6) is 5.75 Å². The number of unbranched alkanes of at least 4 members (excludes halogenated alkanes) is 4. The van der Waals surface area contributed by atoms with Crippen LogP contribution in [0.1, 0.15) is 83.8 Å². The normalized spacial score (nSPS) is 13.5. The fraction of sp³-hybridized carbons (Fsp3) is 0.564. The van der Waals surface area contributed by atoms with Crippen molar-refractivity contribution in [3.8, 4) is 5.75 Å². The first-order valence-corrected chi connectivity index (χ1v) is 19.9. The van der Waals surface area contributed by atoms with Gasteiger partial charge in [0.05, 0.1) is 13.0 Å². The lowest BCUT2D eigenvalue weighted by atomic mass is 10.0. The molecule has 2 aromatic carbocycles. The molecule has 0 heterocycles. The van der Waals surface area contributed by atoms with E-state index in [1.165, 1.54) is 23.3 Å². The smallest absolute Gasteiger partial charge is 0.408 e. The van der Waals surface area contributed by atoms with Crippen LogP contribution in [0, 0.1) is 0 Å². The van der Waals surface area contributed by atoms with Gasteiger partial charge in [-0.1, -0.05) is 75.1 Å². The molecule has 53 heavy (non-hydrogen) atoms. The Bertz CT molecular complexity index is 1480. The van der Waals surface area contributed by atoms with E-state index in [9.17, 15) is 33.3 Å². The van der Waals surface area contributed by atoms with Crippen LogP contribution in [0.25, 0.3) is 0 Å². The number of nitrogens with one attached hydrogen (secondary N) is 3. The zero-order chi connectivity index (χ0) is 39.4. The average Bonchev–Trinajstić information content (AvgIpc) is 3.09. The third kappa shape index (κ3) is 18.7. The largest absolute Gasteiger partial charge is 0.508 e. The van der Waals surface area contributed by atoms with Crippen LogP contribution in [0.2, 0.25) is 0 Å². The van der Waals surface area contributed by atoms with Crippen molar-refractivity contribution in [3.63, 3.8) is 0 Å². The van der Waals surface area contributed by atoms with Gasteiger partial charge in [-0.05, 0) is 56.9 Å². The predicted molar refractivity (Wildman–Crippen MR) is 204 cm³/mol. The van der Waals surface area contributed by atoms with Crippen molar-refractivity contribution in [1.82, 2.24) is 20.9 Å². The minimum absolute atomic E-state index is 0.000603. The number of phenolic OH excluding ortho intramolecular Hbond substituents is 1. The molecular formula is C39H58N4O9S. The SMILES string of the molecule is CCCCCCCOC(=O)CCN(C)C(=O)[C@H](Cc1ccccc1)NC(=O)[C@@H](CCS(C)=O)NC(=O)[C@H](Cc1ccc(O)cc1)NC(=O)OC(C)(C)C. The number of alkyl carbamates (subject to hydrolysis) is 1. The second kappa shape index (κ2) is 23.3. The van der Waals surface area contributed by atoms with E-state index in [2.05, 4.69) is 22.9 Å². The number of amides is 4. The summed E-state index contributed by atoms with van der Waals surface area (Å²) in [7, 11) is 0.223. The summed E-state index contributed by atoms with van der Waals surface area (Å²) >= 11 is 0. The highest BCUT2D eigenvalue weighted by Crippen LogP contribution is 2.14. The number of hydrogen-bond donors (Lipinski definition) is 4. The topological polar surface area (TPSA) is 180 Å². The Hall–Kier alpha value is -4.46. The number of aromatic hydroxyl groups is 1. The van der Waals surface area contributed by atoms with Crippen LogP contribution < -0.4 is 16.0 Å². The fourth-order valence-corrected chi connectivity index (χ4v) is 5.84. The number of rotatable bonds is 22. The summed E-state index contributed by atoms with van der Waals surface area (Å²) in [6.45, 7) is 7.56. The van der Waals surface area contributed by atoms with Crippen LogP contribution in [0.15, 0.2) is 54.6 Å². The summed E-state index contributed by atoms with van der Waals surface area (Å²) in [5.74, 6) is -2.17. The minimum atomic E-state index is -1.32. The lowest BCUT2D eigenvalue weighted by Crippen LogP contribution is -2.58. The number of hydrogen-bond acceptors (Lipinski definition) is 9. The molecule has 13 nitrogen and oxygen atoms in total. The van der Waals surface area contributed by atoms with Gasteiger partial charge < -0.3 is 35.4 Å². The van der Waals surface area contributed by atoms with E-state index in [1.807, 2.05) is 30.3 Å². The molecule has 0 aliphatic carbocycles. The Morgan fingerprint density at radius 1 is 0.811 bits per heavy atom. The summed E-state index contributed by atoms with van der Waals surface area (Å²) in [6.07, 6.45) is 5.83. The van der Waals surface area contributed by atoms with Crippen molar-refractivity contribution in [2.75, 3.05) is 32.2 Å². The molecule has 0 aliphatic rings. The van der Waals surface area contributed by atoms with Gasteiger partial charge in [0.15, 0.2) is 0 Å². The second-order valence-corrected chi connectivity index (χ2v) is 15.6. The molecular weight excluding hydrogens is 701 g/mol. The Kier molecular flexibility index (Phi) is 19.6. The average molecular weight is 759 g/mol. The number of carbonyl (C=O) groups excluding carboxylic acids is 5. The van der Waals surface area contributed by atoms with Gasteiger partial charge in [-0.3, -0.25) is 23.4 Å². The molecule has 2 aromatic rings. The summed E-state index contributed by atoms with van der Waals surface area (Å²) in [5.41, 5.74) is 0.536. The molecule has 4 atom stereocenters. The summed E-state index contributed by atoms with van der Waals surface area (Å²) in [6, 6.07) is 11.7. The molecule has 0 fully saturated rings. The molecule has 14 heteroatoms. The molecule has 1 unspecified atom stereocenters. The number of ether oxygens (including phenoxy) is 2. The lowest BCUT2D eigenvalue weighted by molar-refractivity contribution is -0.145. The highest BCUT2D eigenvalue weighted by Gasteiger charge is 2.32. The van der Waals surface area contributed by atoms with Gasteiger partial charge in [0.25, 0.3) is 0 Å². The standard InChI is InChI=1S/C39H58N4O9S/c1-7-8-9-10-14-24-51-34(45)21-23-43(5)37(48)33(27-28-15-12-11-13-16-28)41-35(46)31(22-25-53(6)50)40-36(47)32(42-38(49)52-39(2,3)4)26-29-17-19-30(44)20-18-29/h11-13,15-20,31-33,44H,7-10,14,21-27H2,1-6H3,(H,40,47)(H,41,46)(H,42,49)/t31-,32+,33+,53?/m1/s1. The Morgan fingerprint density at radius 3 is 2.02 bits per heavy atom. The highest BCUT2D eigenvalue weighted by atomic mass is 32.2. The molecule has 0 spiro atoms. The van der Waals surface area contributed by atoms with Crippen LogP contribution >= 0.6 is 0 Å². The van der Waals surface area contributed by atoms with E-state index < -0.39 is 64.3 Å². The van der Waals surface area contributed by atoms with Crippen LogP contribution in [0.4, 0.5) is 4.79 Å². The molecule has 0 bridgehead atoms. The fourth-order valence-electron chi connectivity index (χ4n) is 5.27. The first-order chi connectivity index (χ1) is 25.1. The van der Waals surface area contributed by atoms with Crippen LogP contribution in [-0.4, -0.2) is 99.9 Å². The Balaban J connectivity index is 2.24. The maximum atomic E-state index is 13.9.